The quantitative estimate of drug-likeness (QED) is 0.395. The number of halogens is 3. The molecule has 9 heteroatoms. The van der Waals surface area contributed by atoms with Gasteiger partial charge in [0, 0.05) is 0 Å². The van der Waals surface area contributed by atoms with E-state index in [9.17, 15) is 0 Å². The molecule has 0 aromatic rings. The molecular formula is H3B3Cl3N3. The Morgan fingerprint density at radius 3 is 2.00 bits per heavy atom. The van der Waals surface area contributed by atoms with Crippen LogP contribution in [-0.2, 0) is 0 Å². The molecule has 1 heterocycles. The molecule has 1 aliphatic heterocycles. The SMILES string of the molecule is ClB1N(Cl)BNBN1Cl. The molecule has 0 radical (unpaired) electrons. The van der Waals surface area contributed by atoms with Crippen molar-refractivity contribution in [3.05, 3.63) is 0 Å². The first-order chi connectivity index (χ1) is 4.22. The van der Waals surface area contributed by atoms with Crippen LogP contribution in [0, 0.1) is 0 Å². The van der Waals surface area contributed by atoms with Crippen molar-refractivity contribution in [2.75, 3.05) is 0 Å². The van der Waals surface area contributed by atoms with Crippen LogP contribution in [0.1, 0.15) is 0 Å². The molecule has 0 spiro atoms. The number of nitrogens with one attached hydrogen (secondary N) is 1. The van der Waals surface area contributed by atoms with Gasteiger partial charge in [0.15, 0.2) is 0 Å². The lowest BCUT2D eigenvalue weighted by molar-refractivity contribution is 0.903. The molecule has 0 atom stereocenters. The van der Waals surface area contributed by atoms with Gasteiger partial charge in [0.2, 0.25) is 0 Å². The zero-order valence-corrected chi connectivity index (χ0v) is 6.79. The van der Waals surface area contributed by atoms with Gasteiger partial charge in [0.05, 0.1) is 0 Å². The highest BCUT2D eigenvalue weighted by molar-refractivity contribution is 7.12. The van der Waals surface area contributed by atoms with Crippen molar-refractivity contribution in [1.29, 1.82) is 0 Å². The maximum atomic E-state index is 5.67. The van der Waals surface area contributed by atoms with Crippen LogP contribution in [0.3, 0.4) is 0 Å². The molecule has 48 valence electrons. The molecule has 1 fully saturated rings. The minimum absolute atomic E-state index is 0.422. The first-order valence-corrected chi connectivity index (χ1v) is 3.52. The van der Waals surface area contributed by atoms with Crippen LogP contribution in [0.15, 0.2) is 0 Å². The monoisotopic (exact) mass is 183 g/mol. The van der Waals surface area contributed by atoms with E-state index in [1.54, 1.807) is 0 Å². The highest BCUT2D eigenvalue weighted by atomic mass is 35.5. The lowest BCUT2D eigenvalue weighted by atomic mass is 9.84. The van der Waals surface area contributed by atoms with Gasteiger partial charge in [-0.3, -0.25) is 8.48 Å². The fourth-order valence-corrected chi connectivity index (χ4v) is 1.11. The molecule has 0 amide bonds. The fourth-order valence-electron chi connectivity index (χ4n) is 0.550. The van der Waals surface area contributed by atoms with Gasteiger partial charge in [0.1, 0.15) is 0 Å². The van der Waals surface area contributed by atoms with Crippen LogP contribution in [0.4, 0.5) is 0 Å². The lowest BCUT2D eigenvalue weighted by Crippen LogP contribution is -2.57. The van der Waals surface area contributed by atoms with Crippen LogP contribution in [0.2, 0.25) is 0 Å². The zero-order chi connectivity index (χ0) is 6.85. The molecule has 3 nitrogen and oxygen atoms in total. The second-order valence-corrected chi connectivity index (χ2v) is 2.94. The summed E-state index contributed by atoms with van der Waals surface area (Å²) in [5.41, 5.74) is 0. The summed E-state index contributed by atoms with van der Waals surface area (Å²) in [4.78, 5) is 0. The van der Waals surface area contributed by atoms with Crippen molar-refractivity contribution in [2.24, 2.45) is 0 Å². The molecule has 0 unspecified atom stereocenters. The molecule has 0 aromatic carbocycles. The third kappa shape index (κ3) is 1.93. The van der Waals surface area contributed by atoms with E-state index in [1.165, 1.54) is 8.48 Å². The third-order valence-electron chi connectivity index (χ3n) is 0.988. The van der Waals surface area contributed by atoms with Gasteiger partial charge in [-0.05, 0) is 23.6 Å². The summed E-state index contributed by atoms with van der Waals surface area (Å²) >= 11 is 16.8. The van der Waals surface area contributed by atoms with Crippen LogP contribution in [0.5, 0.6) is 0 Å². The summed E-state index contributed by atoms with van der Waals surface area (Å²) in [6, 6.07) is 0. The van der Waals surface area contributed by atoms with E-state index in [4.69, 9.17) is 35.0 Å². The minimum atomic E-state index is -0.422. The molecule has 0 aliphatic carbocycles. The Morgan fingerprint density at radius 1 is 1.22 bits per heavy atom. The van der Waals surface area contributed by atoms with Crippen LogP contribution >= 0.6 is 35.0 Å². The van der Waals surface area contributed by atoms with Gasteiger partial charge in [0.25, 0.3) is 15.1 Å². The molecule has 0 aromatic heterocycles. The average Bonchev–Trinajstić information content (AvgIpc) is 1.83. The predicted octanol–water partition coefficient (Wildman–Crippen LogP) is -0.742. The second-order valence-electron chi connectivity index (χ2n) is 1.68. The average molecular weight is 184 g/mol. The number of nitrogens with zero attached hydrogens (tertiary/aromatic N) is 2. The highest BCUT2D eigenvalue weighted by Crippen LogP contribution is 2.10. The predicted molar refractivity (Wildman–Crippen MR) is 44.4 cm³/mol. The van der Waals surface area contributed by atoms with E-state index < -0.39 is 6.40 Å². The topological polar surface area (TPSA) is 18.5 Å². The molecule has 1 N–H and O–H groups in total. The van der Waals surface area contributed by atoms with Crippen molar-refractivity contribution in [2.45, 2.75) is 0 Å². The molecule has 0 bridgehead atoms. The maximum absolute atomic E-state index is 5.67. The van der Waals surface area contributed by atoms with Crippen molar-refractivity contribution in [1.82, 2.24) is 13.6 Å². The summed E-state index contributed by atoms with van der Waals surface area (Å²) in [5.74, 6) is 0. The van der Waals surface area contributed by atoms with E-state index >= 15 is 0 Å². The first kappa shape index (κ1) is 8.05. The third-order valence-corrected chi connectivity index (χ3v) is 2.27. The summed E-state index contributed by atoms with van der Waals surface area (Å²) in [6.07, 6.45) is -0.422. The van der Waals surface area contributed by atoms with Crippen LogP contribution < -0.4 is 5.14 Å². The fraction of sp³-hybridized carbons (Fsp3) is 0. The van der Waals surface area contributed by atoms with Crippen molar-refractivity contribution < 1.29 is 0 Å². The van der Waals surface area contributed by atoms with Crippen molar-refractivity contribution >= 4 is 56.5 Å². The summed E-state index contributed by atoms with van der Waals surface area (Å²) in [7, 11) is 1.11. The second kappa shape index (κ2) is 3.37. The molecule has 0 saturated carbocycles. The van der Waals surface area contributed by atoms with Gasteiger partial charge < -0.3 is 5.14 Å². The van der Waals surface area contributed by atoms with Crippen LogP contribution in [-0.4, -0.2) is 30.0 Å². The number of hydrogen-bond acceptors (Lipinski definition) is 3. The Hall–Kier alpha value is 0.945. The summed E-state index contributed by atoms with van der Waals surface area (Å²) < 4.78 is 2.75. The molecular weight excluding hydrogens is 181 g/mol. The Balaban J connectivity index is 2.41. The molecule has 9 heavy (non-hydrogen) atoms. The Morgan fingerprint density at radius 2 is 1.67 bits per heavy atom. The van der Waals surface area contributed by atoms with Crippen molar-refractivity contribution in [3.63, 3.8) is 0 Å². The van der Waals surface area contributed by atoms with Gasteiger partial charge >= 0.3 is 6.40 Å². The summed E-state index contributed by atoms with van der Waals surface area (Å²) in [6.45, 7) is 0. The Bertz CT molecular complexity index is 90.3. The number of rotatable bonds is 0. The van der Waals surface area contributed by atoms with E-state index in [0.29, 0.717) is 15.1 Å². The Kier molecular flexibility index (Phi) is 3.01. The maximum Gasteiger partial charge on any atom is 0.427 e. The Labute approximate surface area is 70.4 Å². The highest BCUT2D eigenvalue weighted by Gasteiger charge is 2.31. The molecule has 1 aliphatic rings. The standard InChI is InChI=1S/B3Cl3H3N3/c4-3-8(5)1-7-2-9(3)6/h1-2,7H. The van der Waals surface area contributed by atoms with E-state index in [-0.39, 0.29) is 0 Å². The zero-order valence-electron chi connectivity index (χ0n) is 4.52. The molecule has 1 rings (SSSR count). The largest absolute Gasteiger partial charge is 0.427 e. The van der Waals surface area contributed by atoms with Gasteiger partial charge in [-0.15, -0.1) is 11.5 Å². The van der Waals surface area contributed by atoms with Crippen LogP contribution in [0.25, 0.3) is 0 Å². The smallest absolute Gasteiger partial charge is 0.376 e. The van der Waals surface area contributed by atoms with Gasteiger partial charge in [-0.1, -0.05) is 0 Å². The van der Waals surface area contributed by atoms with Gasteiger partial charge in [-0.25, -0.2) is 0 Å². The van der Waals surface area contributed by atoms with E-state index in [1.807, 2.05) is 0 Å². The van der Waals surface area contributed by atoms with Gasteiger partial charge in [-0.2, -0.15) is 0 Å². The minimum Gasteiger partial charge on any atom is -0.376 e. The first-order valence-electron chi connectivity index (χ1n) is 2.41. The van der Waals surface area contributed by atoms with Crippen molar-refractivity contribution in [3.8, 4) is 0 Å². The van der Waals surface area contributed by atoms with E-state index in [0.717, 1.165) is 0 Å². The number of hydrogen-bond donors (Lipinski definition) is 1. The summed E-state index contributed by atoms with van der Waals surface area (Å²) in [5, 5.41) is 2.92. The normalized spacial score (nSPS) is 23.2. The molecule has 1 saturated heterocycles. The van der Waals surface area contributed by atoms with E-state index in [2.05, 4.69) is 5.14 Å². The lowest BCUT2D eigenvalue weighted by Gasteiger charge is -2.27.